The zero-order chi connectivity index (χ0) is 12.8. The van der Waals surface area contributed by atoms with E-state index in [0.29, 0.717) is 13.0 Å². The van der Waals surface area contributed by atoms with E-state index in [1.807, 2.05) is 27.7 Å². The minimum absolute atomic E-state index is 0.0622. The molecule has 98 valence electrons. The molecular weight excluding hydrogens is 226 g/mol. The summed E-state index contributed by atoms with van der Waals surface area (Å²) in [7, 11) is -2.91. The molecule has 0 fully saturated rings. The highest BCUT2D eigenvalue weighted by molar-refractivity contribution is 7.90. The Morgan fingerprint density at radius 2 is 1.88 bits per heavy atom. The molecule has 0 amide bonds. The summed E-state index contributed by atoms with van der Waals surface area (Å²) in [5, 5.41) is 3.29. The number of likely N-dealkylation sites (N-methyl/N-ethyl adjacent to an activating group) is 1. The Balaban J connectivity index is 4.48. The standard InChI is InChI=1S/C11H25NO3S/c1-6-12-10(8-9-16(5,13)14)11(3,4)15-7-2/h10,12H,6-9H2,1-5H3. The summed E-state index contributed by atoms with van der Waals surface area (Å²) in [6.07, 6.45) is 1.85. The zero-order valence-electron chi connectivity index (χ0n) is 11.0. The van der Waals surface area contributed by atoms with Gasteiger partial charge in [0.25, 0.3) is 0 Å². The molecule has 0 rings (SSSR count). The van der Waals surface area contributed by atoms with E-state index in [2.05, 4.69) is 5.32 Å². The van der Waals surface area contributed by atoms with Crippen molar-refractivity contribution in [1.29, 1.82) is 0 Å². The highest BCUT2D eigenvalue weighted by atomic mass is 32.2. The van der Waals surface area contributed by atoms with Crippen LogP contribution in [0.25, 0.3) is 0 Å². The molecule has 0 aromatic carbocycles. The molecule has 4 nitrogen and oxygen atoms in total. The van der Waals surface area contributed by atoms with Gasteiger partial charge in [0, 0.05) is 18.9 Å². The Morgan fingerprint density at radius 3 is 2.25 bits per heavy atom. The van der Waals surface area contributed by atoms with E-state index in [-0.39, 0.29) is 17.4 Å². The van der Waals surface area contributed by atoms with Crippen molar-refractivity contribution in [2.75, 3.05) is 25.2 Å². The van der Waals surface area contributed by atoms with Gasteiger partial charge in [0.1, 0.15) is 9.84 Å². The van der Waals surface area contributed by atoms with Crippen LogP contribution in [0.4, 0.5) is 0 Å². The number of sulfone groups is 1. The predicted molar refractivity (Wildman–Crippen MR) is 67.5 cm³/mol. The second kappa shape index (κ2) is 6.57. The fourth-order valence-electron chi connectivity index (χ4n) is 1.75. The summed E-state index contributed by atoms with van der Waals surface area (Å²) in [5.74, 6) is 0.196. The highest BCUT2D eigenvalue weighted by Crippen LogP contribution is 2.18. The van der Waals surface area contributed by atoms with Crippen LogP contribution in [0.1, 0.15) is 34.1 Å². The molecular formula is C11H25NO3S. The maximum atomic E-state index is 11.2. The molecule has 1 atom stereocenters. The first-order chi connectivity index (χ1) is 7.23. The van der Waals surface area contributed by atoms with Gasteiger partial charge >= 0.3 is 0 Å². The van der Waals surface area contributed by atoms with E-state index in [9.17, 15) is 8.42 Å². The Hall–Kier alpha value is -0.130. The van der Waals surface area contributed by atoms with Crippen molar-refractivity contribution < 1.29 is 13.2 Å². The van der Waals surface area contributed by atoms with Crippen LogP contribution in [-0.2, 0) is 14.6 Å². The lowest BCUT2D eigenvalue weighted by Crippen LogP contribution is -2.49. The van der Waals surface area contributed by atoms with Crippen molar-refractivity contribution in [2.45, 2.75) is 45.8 Å². The number of hydrogen-bond donors (Lipinski definition) is 1. The quantitative estimate of drug-likeness (QED) is 0.704. The van der Waals surface area contributed by atoms with E-state index >= 15 is 0 Å². The molecule has 0 saturated carbocycles. The number of rotatable bonds is 8. The molecule has 1 unspecified atom stereocenters. The molecule has 0 aromatic heterocycles. The molecule has 0 radical (unpaired) electrons. The SMILES string of the molecule is CCNC(CCS(C)(=O)=O)C(C)(C)OCC. The minimum Gasteiger partial charge on any atom is -0.374 e. The van der Waals surface area contributed by atoms with Gasteiger partial charge in [-0.25, -0.2) is 8.42 Å². The third kappa shape index (κ3) is 6.45. The van der Waals surface area contributed by atoms with Crippen LogP contribution in [0.15, 0.2) is 0 Å². The molecule has 0 spiro atoms. The van der Waals surface area contributed by atoms with Crippen LogP contribution in [0.3, 0.4) is 0 Å². The average molecular weight is 251 g/mol. The van der Waals surface area contributed by atoms with E-state index in [1.54, 1.807) is 0 Å². The fraction of sp³-hybridized carbons (Fsp3) is 1.00. The van der Waals surface area contributed by atoms with Crippen LogP contribution in [0.2, 0.25) is 0 Å². The Bertz CT molecular complexity index is 286. The normalized spacial score (nSPS) is 15.1. The number of nitrogens with one attached hydrogen (secondary N) is 1. The molecule has 0 heterocycles. The van der Waals surface area contributed by atoms with Crippen molar-refractivity contribution >= 4 is 9.84 Å². The van der Waals surface area contributed by atoms with Gasteiger partial charge in [0.15, 0.2) is 0 Å². The summed E-state index contributed by atoms with van der Waals surface area (Å²) in [5.41, 5.74) is -0.338. The smallest absolute Gasteiger partial charge is 0.147 e. The third-order valence-electron chi connectivity index (χ3n) is 2.58. The van der Waals surface area contributed by atoms with E-state index in [1.165, 1.54) is 6.26 Å². The summed E-state index contributed by atoms with van der Waals surface area (Å²) >= 11 is 0. The molecule has 0 bridgehead atoms. The lowest BCUT2D eigenvalue weighted by Gasteiger charge is -2.34. The van der Waals surface area contributed by atoms with Crippen molar-refractivity contribution in [3.63, 3.8) is 0 Å². The lowest BCUT2D eigenvalue weighted by atomic mass is 9.96. The van der Waals surface area contributed by atoms with Crippen molar-refractivity contribution in [3.05, 3.63) is 0 Å². The van der Waals surface area contributed by atoms with Crippen LogP contribution in [0, 0.1) is 0 Å². The maximum absolute atomic E-state index is 11.2. The number of ether oxygens (including phenoxy) is 1. The molecule has 0 aromatic rings. The van der Waals surface area contributed by atoms with E-state index < -0.39 is 9.84 Å². The van der Waals surface area contributed by atoms with Gasteiger partial charge in [-0.05, 0) is 33.7 Å². The number of hydrogen-bond acceptors (Lipinski definition) is 4. The zero-order valence-corrected chi connectivity index (χ0v) is 11.9. The second-order valence-electron chi connectivity index (χ2n) is 4.57. The Kier molecular flexibility index (Phi) is 6.51. The molecule has 5 heteroatoms. The van der Waals surface area contributed by atoms with Crippen molar-refractivity contribution in [2.24, 2.45) is 0 Å². The Morgan fingerprint density at radius 1 is 1.31 bits per heavy atom. The largest absolute Gasteiger partial charge is 0.374 e. The average Bonchev–Trinajstić information content (AvgIpc) is 2.10. The molecule has 0 saturated heterocycles. The van der Waals surface area contributed by atoms with Gasteiger partial charge in [-0.15, -0.1) is 0 Å². The van der Waals surface area contributed by atoms with Gasteiger partial charge in [-0.2, -0.15) is 0 Å². The third-order valence-corrected chi connectivity index (χ3v) is 3.56. The lowest BCUT2D eigenvalue weighted by molar-refractivity contribution is -0.0384. The first-order valence-electron chi connectivity index (χ1n) is 5.78. The second-order valence-corrected chi connectivity index (χ2v) is 6.83. The van der Waals surface area contributed by atoms with Gasteiger partial charge in [-0.1, -0.05) is 6.92 Å². The van der Waals surface area contributed by atoms with Crippen LogP contribution < -0.4 is 5.32 Å². The van der Waals surface area contributed by atoms with Crippen LogP contribution in [0.5, 0.6) is 0 Å². The topological polar surface area (TPSA) is 55.4 Å². The summed E-state index contributed by atoms with van der Waals surface area (Å²) < 4.78 is 28.0. The van der Waals surface area contributed by atoms with E-state index in [0.717, 1.165) is 6.54 Å². The van der Waals surface area contributed by atoms with Gasteiger partial charge in [0.2, 0.25) is 0 Å². The summed E-state index contributed by atoms with van der Waals surface area (Å²) in [4.78, 5) is 0. The van der Waals surface area contributed by atoms with Gasteiger partial charge in [0.05, 0.1) is 11.4 Å². The van der Waals surface area contributed by atoms with Gasteiger partial charge < -0.3 is 10.1 Å². The predicted octanol–water partition coefficient (Wildman–Crippen LogP) is 1.21. The Labute approximate surface area is 99.7 Å². The van der Waals surface area contributed by atoms with Gasteiger partial charge in [-0.3, -0.25) is 0 Å². The summed E-state index contributed by atoms with van der Waals surface area (Å²) in [6, 6.07) is 0.0622. The first kappa shape index (κ1) is 15.9. The molecule has 0 aliphatic carbocycles. The van der Waals surface area contributed by atoms with Crippen molar-refractivity contribution in [1.82, 2.24) is 5.32 Å². The summed E-state index contributed by atoms with van der Waals surface area (Å²) in [6.45, 7) is 9.38. The van der Waals surface area contributed by atoms with Crippen molar-refractivity contribution in [3.8, 4) is 0 Å². The molecule has 16 heavy (non-hydrogen) atoms. The monoisotopic (exact) mass is 251 g/mol. The maximum Gasteiger partial charge on any atom is 0.147 e. The van der Waals surface area contributed by atoms with Crippen LogP contribution >= 0.6 is 0 Å². The van der Waals surface area contributed by atoms with Crippen LogP contribution in [-0.4, -0.2) is 45.2 Å². The molecule has 0 aliphatic heterocycles. The molecule has 1 N–H and O–H groups in total. The van der Waals surface area contributed by atoms with E-state index in [4.69, 9.17) is 4.74 Å². The highest BCUT2D eigenvalue weighted by Gasteiger charge is 2.29. The minimum atomic E-state index is -2.91. The molecule has 0 aliphatic rings. The fourth-order valence-corrected chi connectivity index (χ4v) is 2.41. The first-order valence-corrected chi connectivity index (χ1v) is 7.84.